The van der Waals surface area contributed by atoms with Crippen LogP contribution in [0.1, 0.15) is 27.7 Å². The zero-order valence-corrected chi connectivity index (χ0v) is 9.66. The monoisotopic (exact) mass is 220 g/mol. The molecule has 0 atom stereocenters. The Hall–Kier alpha value is -0.910. The van der Waals surface area contributed by atoms with Gasteiger partial charge in [0, 0.05) is 0 Å². The highest BCUT2D eigenvalue weighted by Crippen LogP contribution is 2.06. The smallest absolute Gasteiger partial charge is 0.426 e. The van der Waals surface area contributed by atoms with Crippen LogP contribution < -0.4 is 10.9 Å². The van der Waals surface area contributed by atoms with Crippen LogP contribution in [-0.4, -0.2) is 22.7 Å². The average Bonchev–Trinajstić information content (AvgIpc) is 1.98. The Morgan fingerprint density at radius 3 is 2.29 bits per heavy atom. The van der Waals surface area contributed by atoms with Crippen molar-refractivity contribution in [1.29, 1.82) is 0 Å². The van der Waals surface area contributed by atoms with Crippen LogP contribution in [0.25, 0.3) is 0 Å². The molecule has 0 heterocycles. The van der Waals surface area contributed by atoms with Crippen molar-refractivity contribution in [3.05, 3.63) is 0 Å². The van der Waals surface area contributed by atoms with Crippen LogP contribution >= 0.6 is 11.8 Å². The van der Waals surface area contributed by atoms with Crippen molar-refractivity contribution in [3.63, 3.8) is 0 Å². The number of hydrazine groups is 1. The molecule has 0 aromatic heterocycles. The number of hydrogen-bond acceptors (Lipinski definition) is 4. The molecular weight excluding hydrogens is 204 g/mol. The van der Waals surface area contributed by atoms with Gasteiger partial charge in [0.1, 0.15) is 5.60 Å². The highest BCUT2D eigenvalue weighted by atomic mass is 32.2. The summed E-state index contributed by atoms with van der Waals surface area (Å²) in [6.07, 6.45) is -0.664. The van der Waals surface area contributed by atoms with E-state index in [9.17, 15) is 9.59 Å². The highest BCUT2D eigenvalue weighted by molar-refractivity contribution is 8.13. The Morgan fingerprint density at radius 1 is 1.29 bits per heavy atom. The lowest BCUT2D eigenvalue weighted by atomic mass is 10.2. The molecule has 82 valence electrons. The van der Waals surface area contributed by atoms with E-state index in [1.165, 1.54) is 0 Å². The maximum Gasteiger partial charge on any atom is 0.426 e. The summed E-state index contributed by atoms with van der Waals surface area (Å²) in [5.74, 6) is 0.655. The van der Waals surface area contributed by atoms with Gasteiger partial charge >= 0.3 is 6.09 Å². The molecule has 0 rings (SSSR count). The zero-order chi connectivity index (χ0) is 11.2. The van der Waals surface area contributed by atoms with Gasteiger partial charge in [-0.05, 0) is 26.5 Å². The minimum Gasteiger partial charge on any atom is -0.443 e. The highest BCUT2D eigenvalue weighted by Gasteiger charge is 2.16. The second-order valence-electron chi connectivity index (χ2n) is 3.47. The number of carbonyl (C=O) groups excluding carboxylic acids is 2. The summed E-state index contributed by atoms with van der Waals surface area (Å²) < 4.78 is 4.89. The van der Waals surface area contributed by atoms with Gasteiger partial charge in [0.15, 0.2) is 0 Å². The van der Waals surface area contributed by atoms with Crippen molar-refractivity contribution in [1.82, 2.24) is 10.9 Å². The third-order valence-electron chi connectivity index (χ3n) is 0.941. The van der Waals surface area contributed by atoms with Gasteiger partial charge in [-0.25, -0.2) is 10.2 Å². The minimum absolute atomic E-state index is 0.307. The van der Waals surface area contributed by atoms with E-state index in [2.05, 4.69) is 10.9 Å². The fourth-order valence-electron chi connectivity index (χ4n) is 0.573. The summed E-state index contributed by atoms with van der Waals surface area (Å²) in [5, 5.41) is -0.307. The molecule has 0 fully saturated rings. The number of hydrogen-bond donors (Lipinski definition) is 2. The van der Waals surface area contributed by atoms with Crippen molar-refractivity contribution in [2.75, 3.05) is 5.75 Å². The second-order valence-corrected chi connectivity index (χ2v) is 4.71. The quantitative estimate of drug-likeness (QED) is 0.662. The molecular formula is C8H16N2O3S. The second kappa shape index (κ2) is 5.74. The molecule has 0 spiro atoms. The van der Waals surface area contributed by atoms with Gasteiger partial charge in [0.2, 0.25) is 0 Å². The van der Waals surface area contributed by atoms with E-state index in [4.69, 9.17) is 4.74 Å². The van der Waals surface area contributed by atoms with Gasteiger partial charge in [-0.3, -0.25) is 10.2 Å². The predicted molar refractivity (Wildman–Crippen MR) is 56.0 cm³/mol. The lowest BCUT2D eigenvalue weighted by molar-refractivity contribution is 0.0508. The molecule has 0 bridgehead atoms. The van der Waals surface area contributed by atoms with E-state index in [-0.39, 0.29) is 5.24 Å². The molecule has 0 aliphatic heterocycles. The first-order valence-corrected chi connectivity index (χ1v) is 5.25. The first-order chi connectivity index (χ1) is 6.35. The Balaban J connectivity index is 3.70. The third-order valence-corrected chi connectivity index (χ3v) is 1.59. The molecule has 6 heteroatoms. The molecule has 0 aliphatic rings. The number of nitrogens with one attached hydrogen (secondary N) is 2. The van der Waals surface area contributed by atoms with Crippen LogP contribution in [0, 0.1) is 0 Å². The average molecular weight is 220 g/mol. The zero-order valence-electron chi connectivity index (χ0n) is 8.84. The van der Waals surface area contributed by atoms with Crippen LogP contribution in [0.3, 0.4) is 0 Å². The van der Waals surface area contributed by atoms with Crippen molar-refractivity contribution < 1.29 is 14.3 Å². The van der Waals surface area contributed by atoms with E-state index in [0.29, 0.717) is 5.75 Å². The van der Waals surface area contributed by atoms with Crippen molar-refractivity contribution >= 4 is 23.1 Å². The first-order valence-electron chi connectivity index (χ1n) is 4.27. The van der Waals surface area contributed by atoms with Gasteiger partial charge < -0.3 is 4.74 Å². The van der Waals surface area contributed by atoms with Crippen LogP contribution in [0.5, 0.6) is 0 Å². The fourth-order valence-corrected chi connectivity index (χ4v) is 0.958. The standard InChI is InChI=1S/C8H16N2O3S/c1-5-14-7(12)10-9-6(11)13-8(2,3)4/h5H2,1-4H3,(H,9,11)(H,10,12). The summed E-state index contributed by atoms with van der Waals surface area (Å²) >= 11 is 1.07. The molecule has 0 saturated carbocycles. The normalized spacial score (nSPS) is 10.6. The largest absolute Gasteiger partial charge is 0.443 e. The Bertz CT molecular complexity index is 213. The number of carbonyl (C=O) groups is 2. The van der Waals surface area contributed by atoms with Gasteiger partial charge in [-0.1, -0.05) is 18.7 Å². The number of amides is 2. The maximum absolute atomic E-state index is 11.0. The Kier molecular flexibility index (Phi) is 5.37. The van der Waals surface area contributed by atoms with Gasteiger partial charge in [0.05, 0.1) is 0 Å². The lowest BCUT2D eigenvalue weighted by Crippen LogP contribution is -2.42. The van der Waals surface area contributed by atoms with E-state index < -0.39 is 11.7 Å². The SMILES string of the molecule is CCSC(=O)NNC(=O)OC(C)(C)C. The summed E-state index contributed by atoms with van der Waals surface area (Å²) in [6, 6.07) is 0. The Labute approximate surface area is 87.9 Å². The van der Waals surface area contributed by atoms with E-state index in [0.717, 1.165) is 11.8 Å². The van der Waals surface area contributed by atoms with Crippen LogP contribution in [-0.2, 0) is 4.74 Å². The molecule has 0 saturated heterocycles. The summed E-state index contributed by atoms with van der Waals surface area (Å²) in [7, 11) is 0. The molecule has 5 nitrogen and oxygen atoms in total. The van der Waals surface area contributed by atoms with Crippen molar-refractivity contribution in [2.24, 2.45) is 0 Å². The molecule has 0 aromatic rings. The Morgan fingerprint density at radius 2 is 1.86 bits per heavy atom. The summed E-state index contributed by atoms with van der Waals surface area (Å²) in [5.41, 5.74) is 3.78. The number of rotatable bonds is 1. The van der Waals surface area contributed by atoms with Gasteiger partial charge in [0.25, 0.3) is 5.24 Å². The minimum atomic E-state index is -0.664. The van der Waals surface area contributed by atoms with Crippen LogP contribution in [0.15, 0.2) is 0 Å². The third kappa shape index (κ3) is 7.72. The molecule has 0 unspecified atom stereocenters. The lowest BCUT2D eigenvalue weighted by Gasteiger charge is -2.19. The summed E-state index contributed by atoms with van der Waals surface area (Å²) in [4.78, 5) is 21.9. The predicted octanol–water partition coefficient (Wildman–Crippen LogP) is 1.89. The number of ether oxygens (including phenoxy) is 1. The molecule has 0 radical (unpaired) electrons. The van der Waals surface area contributed by atoms with Crippen molar-refractivity contribution in [2.45, 2.75) is 33.3 Å². The molecule has 2 amide bonds. The molecule has 14 heavy (non-hydrogen) atoms. The van der Waals surface area contributed by atoms with Crippen LogP contribution in [0.2, 0.25) is 0 Å². The maximum atomic E-state index is 11.0. The van der Waals surface area contributed by atoms with Gasteiger partial charge in [-0.2, -0.15) is 0 Å². The van der Waals surface area contributed by atoms with E-state index >= 15 is 0 Å². The van der Waals surface area contributed by atoms with E-state index in [1.54, 1.807) is 20.8 Å². The summed E-state index contributed by atoms with van der Waals surface area (Å²) in [6.45, 7) is 7.08. The fraction of sp³-hybridized carbons (Fsp3) is 0.750. The molecule has 0 aliphatic carbocycles. The van der Waals surface area contributed by atoms with Crippen LogP contribution in [0.4, 0.5) is 9.59 Å². The topological polar surface area (TPSA) is 67.4 Å². The number of thioether (sulfide) groups is 1. The first kappa shape index (κ1) is 13.1. The molecule has 2 N–H and O–H groups in total. The van der Waals surface area contributed by atoms with E-state index in [1.807, 2.05) is 6.92 Å². The molecule has 0 aromatic carbocycles. The van der Waals surface area contributed by atoms with Crippen molar-refractivity contribution in [3.8, 4) is 0 Å². The van der Waals surface area contributed by atoms with Gasteiger partial charge in [-0.15, -0.1) is 0 Å².